The Morgan fingerprint density at radius 1 is 1.39 bits per heavy atom. The Labute approximate surface area is 106 Å². The number of anilines is 1. The molecule has 5 heteroatoms. The van der Waals surface area contributed by atoms with E-state index in [1.807, 2.05) is 6.07 Å². The molecule has 0 spiro atoms. The highest BCUT2D eigenvalue weighted by atomic mass is 16.5. The van der Waals surface area contributed by atoms with Crippen LogP contribution >= 0.6 is 0 Å². The third kappa shape index (κ3) is 2.43. The summed E-state index contributed by atoms with van der Waals surface area (Å²) in [4.78, 5) is 12.9. The van der Waals surface area contributed by atoms with Gasteiger partial charge in [-0.1, -0.05) is 6.58 Å². The first-order valence-electron chi connectivity index (χ1n) is 5.15. The summed E-state index contributed by atoms with van der Waals surface area (Å²) < 4.78 is 10.2. The van der Waals surface area contributed by atoms with E-state index in [1.54, 1.807) is 13.1 Å². The Bertz CT molecular complexity index is 518. The molecule has 94 valence electrons. The van der Waals surface area contributed by atoms with Crippen LogP contribution in [0.5, 0.6) is 11.5 Å². The topological polar surface area (TPSA) is 62.6 Å². The lowest BCUT2D eigenvalue weighted by Gasteiger charge is -2.19. The maximum absolute atomic E-state index is 11.6. The molecular weight excluding hydrogens is 232 g/mol. The van der Waals surface area contributed by atoms with Crippen LogP contribution in [0.15, 0.2) is 24.8 Å². The highest BCUT2D eigenvalue weighted by Crippen LogP contribution is 2.34. The zero-order valence-electron chi connectivity index (χ0n) is 10.6. The number of hydrogen-bond donors (Lipinski definition) is 0. The van der Waals surface area contributed by atoms with Crippen molar-refractivity contribution in [3.63, 3.8) is 0 Å². The van der Waals surface area contributed by atoms with E-state index in [4.69, 9.17) is 14.7 Å². The molecule has 0 fully saturated rings. The van der Waals surface area contributed by atoms with E-state index in [0.717, 1.165) is 0 Å². The van der Waals surface area contributed by atoms with Gasteiger partial charge in [-0.2, -0.15) is 5.26 Å². The Hall–Kier alpha value is -2.48. The molecule has 0 aliphatic heterocycles. The number of hydrogen-bond acceptors (Lipinski definition) is 4. The minimum atomic E-state index is -0.307. The minimum Gasteiger partial charge on any atom is -0.493 e. The van der Waals surface area contributed by atoms with Gasteiger partial charge in [0.1, 0.15) is 6.07 Å². The summed E-state index contributed by atoms with van der Waals surface area (Å²) >= 11 is 0. The van der Waals surface area contributed by atoms with Crippen molar-refractivity contribution >= 4 is 11.6 Å². The van der Waals surface area contributed by atoms with Crippen molar-refractivity contribution in [2.24, 2.45) is 0 Å². The average molecular weight is 246 g/mol. The Morgan fingerprint density at radius 3 is 2.39 bits per heavy atom. The summed E-state index contributed by atoms with van der Waals surface area (Å²) in [6.45, 7) is 3.41. The molecule has 18 heavy (non-hydrogen) atoms. The van der Waals surface area contributed by atoms with E-state index in [2.05, 4.69) is 6.58 Å². The number of carbonyl (C=O) groups excluding carboxylic acids is 1. The first-order chi connectivity index (χ1) is 8.58. The number of rotatable bonds is 4. The van der Waals surface area contributed by atoms with Crippen LogP contribution in [0, 0.1) is 11.3 Å². The van der Waals surface area contributed by atoms with Crippen LogP contribution in [0.1, 0.15) is 5.56 Å². The fourth-order valence-corrected chi connectivity index (χ4v) is 1.49. The third-order valence-electron chi connectivity index (χ3n) is 2.49. The van der Waals surface area contributed by atoms with Crippen LogP contribution in [-0.2, 0) is 4.79 Å². The first-order valence-corrected chi connectivity index (χ1v) is 5.15. The summed E-state index contributed by atoms with van der Waals surface area (Å²) in [7, 11) is 4.53. The van der Waals surface area contributed by atoms with Gasteiger partial charge in [-0.05, 0) is 6.08 Å². The van der Waals surface area contributed by atoms with Crippen LogP contribution in [0.3, 0.4) is 0 Å². The van der Waals surface area contributed by atoms with Gasteiger partial charge in [-0.3, -0.25) is 4.79 Å². The van der Waals surface area contributed by atoms with Gasteiger partial charge in [0.2, 0.25) is 5.91 Å². The van der Waals surface area contributed by atoms with E-state index in [-0.39, 0.29) is 5.91 Å². The quantitative estimate of drug-likeness (QED) is 0.759. The fraction of sp³-hybridized carbons (Fsp3) is 0.231. The van der Waals surface area contributed by atoms with Crippen LogP contribution in [0.4, 0.5) is 5.69 Å². The number of amides is 1. The summed E-state index contributed by atoms with van der Waals surface area (Å²) in [5, 5.41) is 9.10. The highest BCUT2D eigenvalue weighted by Gasteiger charge is 2.16. The zero-order valence-corrected chi connectivity index (χ0v) is 10.6. The smallest absolute Gasteiger partial charge is 0.250 e. The third-order valence-corrected chi connectivity index (χ3v) is 2.49. The SMILES string of the molecule is C=CC(=O)N(C)c1cc(OC)c(OC)cc1C#N. The molecule has 0 bridgehead atoms. The van der Waals surface area contributed by atoms with Crippen molar-refractivity contribution in [3.05, 3.63) is 30.4 Å². The number of methoxy groups -OCH3 is 2. The van der Waals surface area contributed by atoms with E-state index in [1.165, 1.54) is 31.3 Å². The molecule has 0 aliphatic rings. The van der Waals surface area contributed by atoms with Crippen molar-refractivity contribution < 1.29 is 14.3 Å². The molecule has 0 aromatic heterocycles. The van der Waals surface area contributed by atoms with Gasteiger partial charge in [-0.15, -0.1) is 0 Å². The first kappa shape index (κ1) is 13.6. The van der Waals surface area contributed by atoms with Gasteiger partial charge in [-0.25, -0.2) is 0 Å². The summed E-state index contributed by atoms with van der Waals surface area (Å²) in [5.41, 5.74) is 0.769. The van der Waals surface area contributed by atoms with Crippen LogP contribution in [0.2, 0.25) is 0 Å². The standard InChI is InChI=1S/C13H14N2O3/c1-5-13(16)15(2)10-7-12(18-4)11(17-3)6-9(10)8-14/h5-7H,1H2,2-4H3. The van der Waals surface area contributed by atoms with E-state index in [9.17, 15) is 4.79 Å². The van der Waals surface area contributed by atoms with E-state index < -0.39 is 0 Å². The number of nitriles is 1. The minimum absolute atomic E-state index is 0.307. The lowest BCUT2D eigenvalue weighted by Crippen LogP contribution is -2.24. The number of carbonyl (C=O) groups is 1. The number of likely N-dealkylation sites (N-methyl/N-ethyl adjacent to an activating group) is 1. The zero-order chi connectivity index (χ0) is 13.7. The van der Waals surface area contributed by atoms with Crippen LogP contribution in [-0.4, -0.2) is 27.2 Å². The van der Waals surface area contributed by atoms with Crippen molar-refractivity contribution in [2.75, 3.05) is 26.2 Å². The second-order valence-corrected chi connectivity index (χ2v) is 3.44. The molecule has 0 unspecified atom stereocenters. The summed E-state index contributed by atoms with van der Waals surface area (Å²) in [5.74, 6) is 0.589. The average Bonchev–Trinajstić information content (AvgIpc) is 2.43. The number of benzene rings is 1. The van der Waals surface area contributed by atoms with E-state index in [0.29, 0.717) is 22.7 Å². The molecule has 5 nitrogen and oxygen atoms in total. The second kappa shape index (κ2) is 5.73. The summed E-state index contributed by atoms with van der Waals surface area (Å²) in [6, 6.07) is 5.13. The van der Waals surface area contributed by atoms with E-state index >= 15 is 0 Å². The van der Waals surface area contributed by atoms with Gasteiger partial charge < -0.3 is 14.4 Å². The molecular formula is C13H14N2O3. The lowest BCUT2D eigenvalue weighted by molar-refractivity contribution is -0.113. The number of nitrogens with zero attached hydrogens (tertiary/aromatic N) is 2. The van der Waals surface area contributed by atoms with Crippen LogP contribution < -0.4 is 14.4 Å². The molecule has 0 saturated carbocycles. The molecule has 1 amide bonds. The van der Waals surface area contributed by atoms with Crippen molar-refractivity contribution in [1.82, 2.24) is 0 Å². The molecule has 0 radical (unpaired) electrons. The molecule has 0 saturated heterocycles. The molecule has 1 aromatic carbocycles. The summed E-state index contributed by atoms with van der Waals surface area (Å²) in [6.07, 6.45) is 1.18. The largest absolute Gasteiger partial charge is 0.493 e. The van der Waals surface area contributed by atoms with Gasteiger partial charge >= 0.3 is 0 Å². The predicted molar refractivity (Wildman–Crippen MR) is 67.9 cm³/mol. The normalized spacial score (nSPS) is 9.22. The second-order valence-electron chi connectivity index (χ2n) is 3.44. The molecule has 0 heterocycles. The van der Waals surface area contributed by atoms with Crippen molar-refractivity contribution in [1.29, 1.82) is 5.26 Å². The predicted octanol–water partition coefficient (Wildman–Crippen LogP) is 1.72. The Kier molecular flexibility index (Phi) is 4.33. The molecule has 1 aromatic rings. The fourth-order valence-electron chi connectivity index (χ4n) is 1.49. The lowest BCUT2D eigenvalue weighted by atomic mass is 10.1. The number of ether oxygens (including phenoxy) is 2. The van der Waals surface area contributed by atoms with Gasteiger partial charge in [0.25, 0.3) is 0 Å². The Morgan fingerprint density at radius 2 is 1.94 bits per heavy atom. The molecule has 0 N–H and O–H groups in total. The molecule has 1 rings (SSSR count). The maximum Gasteiger partial charge on any atom is 0.250 e. The van der Waals surface area contributed by atoms with Crippen molar-refractivity contribution in [3.8, 4) is 17.6 Å². The van der Waals surface area contributed by atoms with Gasteiger partial charge in [0, 0.05) is 19.2 Å². The van der Waals surface area contributed by atoms with Crippen LogP contribution in [0.25, 0.3) is 0 Å². The maximum atomic E-state index is 11.6. The van der Waals surface area contributed by atoms with Crippen molar-refractivity contribution in [2.45, 2.75) is 0 Å². The highest BCUT2D eigenvalue weighted by molar-refractivity contribution is 6.01. The monoisotopic (exact) mass is 246 g/mol. The molecule has 0 aliphatic carbocycles. The van der Waals surface area contributed by atoms with Gasteiger partial charge in [0.05, 0.1) is 25.5 Å². The Balaban J connectivity index is 3.39. The van der Waals surface area contributed by atoms with Gasteiger partial charge in [0.15, 0.2) is 11.5 Å². The molecule has 0 atom stereocenters.